The lowest BCUT2D eigenvalue weighted by atomic mass is 10.1. The number of benzene rings is 2. The van der Waals surface area contributed by atoms with Gasteiger partial charge in [-0.25, -0.2) is 4.39 Å². The van der Waals surface area contributed by atoms with E-state index in [1.807, 2.05) is 24.1 Å². The van der Waals surface area contributed by atoms with Crippen molar-refractivity contribution in [1.82, 2.24) is 0 Å². The van der Waals surface area contributed by atoms with Crippen LogP contribution in [0.1, 0.15) is 11.6 Å². The van der Waals surface area contributed by atoms with Crippen LogP contribution in [0.2, 0.25) is 10.0 Å². The second-order valence-electron chi connectivity index (χ2n) is 4.52. The molecule has 1 unspecified atom stereocenters. The van der Waals surface area contributed by atoms with Crippen LogP contribution in [0.15, 0.2) is 42.5 Å². The Morgan fingerprint density at radius 1 is 1.15 bits per heavy atom. The second-order valence-corrected chi connectivity index (χ2v) is 5.33. The summed E-state index contributed by atoms with van der Waals surface area (Å²) in [5.41, 5.74) is 7.55. The average Bonchev–Trinajstić information content (AvgIpc) is 2.43. The van der Waals surface area contributed by atoms with Gasteiger partial charge in [0.25, 0.3) is 0 Å². The summed E-state index contributed by atoms with van der Waals surface area (Å²) < 4.78 is 13.3. The van der Waals surface area contributed by atoms with E-state index in [0.717, 1.165) is 11.3 Å². The summed E-state index contributed by atoms with van der Waals surface area (Å²) in [6.07, 6.45) is 0. The van der Waals surface area contributed by atoms with Gasteiger partial charge in [-0.3, -0.25) is 0 Å². The first-order chi connectivity index (χ1) is 9.52. The molecular formula is C15H15Cl2FN2. The Morgan fingerprint density at radius 2 is 1.90 bits per heavy atom. The molecule has 5 heteroatoms. The maximum atomic E-state index is 13.3. The standard InChI is InChI=1S/C15H15Cl2FN2/c1-20(12-4-2-3-11(18)8-12)15(9-19)10-5-6-13(16)14(17)7-10/h2-8,15H,9,19H2,1H3. The Kier molecular flexibility index (Phi) is 4.86. The van der Waals surface area contributed by atoms with E-state index in [0.29, 0.717) is 16.6 Å². The number of anilines is 1. The lowest BCUT2D eigenvalue weighted by Gasteiger charge is -2.29. The molecular weight excluding hydrogens is 298 g/mol. The zero-order valence-electron chi connectivity index (χ0n) is 11.0. The first kappa shape index (κ1) is 15.1. The smallest absolute Gasteiger partial charge is 0.125 e. The van der Waals surface area contributed by atoms with Crippen molar-refractivity contribution < 1.29 is 4.39 Å². The van der Waals surface area contributed by atoms with Gasteiger partial charge in [-0.05, 0) is 35.9 Å². The normalized spacial score (nSPS) is 12.2. The molecule has 0 aliphatic heterocycles. The van der Waals surface area contributed by atoms with Gasteiger partial charge in [0, 0.05) is 19.3 Å². The summed E-state index contributed by atoms with van der Waals surface area (Å²) in [4.78, 5) is 1.92. The SMILES string of the molecule is CN(c1cccc(F)c1)C(CN)c1ccc(Cl)c(Cl)c1. The number of hydrogen-bond acceptors (Lipinski definition) is 2. The van der Waals surface area contributed by atoms with Crippen molar-refractivity contribution in [3.05, 3.63) is 63.9 Å². The molecule has 2 N–H and O–H groups in total. The molecule has 0 saturated carbocycles. The summed E-state index contributed by atoms with van der Waals surface area (Å²) in [7, 11) is 1.87. The molecule has 0 fully saturated rings. The number of hydrogen-bond donors (Lipinski definition) is 1. The molecule has 0 aromatic heterocycles. The molecule has 2 aromatic carbocycles. The molecule has 106 valence electrons. The quantitative estimate of drug-likeness (QED) is 0.913. The minimum atomic E-state index is -0.278. The van der Waals surface area contributed by atoms with Crippen molar-refractivity contribution in [2.45, 2.75) is 6.04 Å². The topological polar surface area (TPSA) is 29.3 Å². The van der Waals surface area contributed by atoms with Crippen LogP contribution in [0.5, 0.6) is 0 Å². The predicted molar refractivity (Wildman–Crippen MR) is 83.1 cm³/mol. The Bertz CT molecular complexity index is 604. The van der Waals surface area contributed by atoms with Gasteiger partial charge in [-0.2, -0.15) is 0 Å². The van der Waals surface area contributed by atoms with E-state index in [1.165, 1.54) is 12.1 Å². The summed E-state index contributed by atoms with van der Waals surface area (Å²) in [6.45, 7) is 0.380. The summed E-state index contributed by atoms with van der Waals surface area (Å²) >= 11 is 12.0. The molecule has 0 heterocycles. The van der Waals surface area contributed by atoms with Crippen molar-refractivity contribution >= 4 is 28.9 Å². The van der Waals surface area contributed by atoms with Gasteiger partial charge >= 0.3 is 0 Å². The van der Waals surface area contributed by atoms with Gasteiger partial charge in [0.15, 0.2) is 0 Å². The van der Waals surface area contributed by atoms with Gasteiger partial charge in [0.05, 0.1) is 16.1 Å². The molecule has 20 heavy (non-hydrogen) atoms. The molecule has 0 aliphatic carbocycles. The van der Waals surface area contributed by atoms with Crippen LogP contribution in [0.4, 0.5) is 10.1 Å². The minimum absolute atomic E-state index is 0.105. The number of nitrogens with two attached hydrogens (primary N) is 1. The molecule has 0 radical (unpaired) electrons. The summed E-state index contributed by atoms with van der Waals surface area (Å²) in [5.74, 6) is -0.278. The highest BCUT2D eigenvalue weighted by Gasteiger charge is 2.17. The zero-order valence-corrected chi connectivity index (χ0v) is 12.5. The summed E-state index contributed by atoms with van der Waals surface area (Å²) in [6, 6.07) is 11.7. The molecule has 0 amide bonds. The van der Waals surface area contributed by atoms with Crippen LogP contribution in [-0.2, 0) is 0 Å². The van der Waals surface area contributed by atoms with Crippen LogP contribution >= 0.6 is 23.2 Å². The summed E-state index contributed by atoms with van der Waals surface area (Å²) in [5, 5.41) is 0.981. The molecule has 0 bridgehead atoms. The van der Waals surface area contributed by atoms with E-state index in [1.54, 1.807) is 18.2 Å². The van der Waals surface area contributed by atoms with Crippen molar-refractivity contribution in [3.8, 4) is 0 Å². The number of rotatable bonds is 4. The third-order valence-electron chi connectivity index (χ3n) is 3.23. The van der Waals surface area contributed by atoms with E-state index in [-0.39, 0.29) is 11.9 Å². The van der Waals surface area contributed by atoms with Crippen molar-refractivity contribution in [2.24, 2.45) is 5.73 Å². The Balaban J connectivity index is 2.33. The van der Waals surface area contributed by atoms with Gasteiger partial charge in [-0.1, -0.05) is 35.3 Å². The van der Waals surface area contributed by atoms with E-state index in [2.05, 4.69) is 0 Å². The molecule has 0 saturated heterocycles. The predicted octanol–water partition coefficient (Wildman–Crippen LogP) is 4.27. The van der Waals surface area contributed by atoms with Crippen LogP contribution < -0.4 is 10.6 Å². The lowest BCUT2D eigenvalue weighted by molar-refractivity contribution is 0.623. The molecule has 0 aliphatic rings. The molecule has 1 atom stereocenters. The fraction of sp³-hybridized carbons (Fsp3) is 0.200. The van der Waals surface area contributed by atoms with Crippen LogP contribution in [0, 0.1) is 5.82 Å². The van der Waals surface area contributed by atoms with Crippen LogP contribution in [-0.4, -0.2) is 13.6 Å². The molecule has 2 aromatic rings. The second kappa shape index (κ2) is 6.44. The Hall–Kier alpha value is -1.29. The first-order valence-corrected chi connectivity index (χ1v) is 6.92. The van der Waals surface area contributed by atoms with Crippen LogP contribution in [0.3, 0.4) is 0 Å². The van der Waals surface area contributed by atoms with E-state index < -0.39 is 0 Å². The lowest BCUT2D eigenvalue weighted by Crippen LogP contribution is -2.30. The highest BCUT2D eigenvalue weighted by molar-refractivity contribution is 6.42. The van der Waals surface area contributed by atoms with E-state index >= 15 is 0 Å². The largest absolute Gasteiger partial charge is 0.366 e. The number of likely N-dealkylation sites (N-methyl/N-ethyl adjacent to an activating group) is 1. The van der Waals surface area contributed by atoms with Gasteiger partial charge < -0.3 is 10.6 Å². The average molecular weight is 313 g/mol. The fourth-order valence-corrected chi connectivity index (χ4v) is 2.42. The molecule has 2 nitrogen and oxygen atoms in total. The fourth-order valence-electron chi connectivity index (χ4n) is 2.11. The first-order valence-electron chi connectivity index (χ1n) is 6.16. The van der Waals surface area contributed by atoms with Gasteiger partial charge in [-0.15, -0.1) is 0 Å². The Labute approximate surface area is 127 Å². The molecule has 0 spiro atoms. The molecule has 2 rings (SSSR count). The maximum Gasteiger partial charge on any atom is 0.125 e. The minimum Gasteiger partial charge on any atom is -0.366 e. The van der Waals surface area contributed by atoms with Crippen molar-refractivity contribution in [2.75, 3.05) is 18.5 Å². The zero-order chi connectivity index (χ0) is 14.7. The maximum absolute atomic E-state index is 13.3. The third kappa shape index (κ3) is 3.23. The van der Waals surface area contributed by atoms with Crippen LogP contribution in [0.25, 0.3) is 0 Å². The monoisotopic (exact) mass is 312 g/mol. The van der Waals surface area contributed by atoms with E-state index in [4.69, 9.17) is 28.9 Å². The Morgan fingerprint density at radius 3 is 2.50 bits per heavy atom. The third-order valence-corrected chi connectivity index (χ3v) is 3.97. The highest BCUT2D eigenvalue weighted by atomic mass is 35.5. The van der Waals surface area contributed by atoms with Crippen molar-refractivity contribution in [1.29, 1.82) is 0 Å². The number of halogens is 3. The van der Waals surface area contributed by atoms with Gasteiger partial charge in [0.1, 0.15) is 5.82 Å². The van der Waals surface area contributed by atoms with Gasteiger partial charge in [0.2, 0.25) is 0 Å². The van der Waals surface area contributed by atoms with E-state index in [9.17, 15) is 4.39 Å². The highest BCUT2D eigenvalue weighted by Crippen LogP contribution is 2.30. The number of nitrogens with zero attached hydrogens (tertiary/aromatic N) is 1. The van der Waals surface area contributed by atoms with Crippen molar-refractivity contribution in [3.63, 3.8) is 0 Å².